The molecule has 0 atom stereocenters. The van der Waals surface area contributed by atoms with Crippen molar-refractivity contribution >= 4 is 11.6 Å². The van der Waals surface area contributed by atoms with E-state index in [2.05, 4.69) is 29.2 Å². The van der Waals surface area contributed by atoms with Gasteiger partial charge < -0.3 is 9.80 Å². The fraction of sp³-hybridized carbons (Fsp3) is 0.667. The fourth-order valence-electron chi connectivity index (χ4n) is 5.24. The van der Waals surface area contributed by atoms with Gasteiger partial charge in [-0.3, -0.25) is 4.79 Å². The van der Waals surface area contributed by atoms with Crippen LogP contribution in [0, 0.1) is 0 Å². The molecule has 1 spiro atoms. The standard InChI is InChI=1S/C21H30N2O/c1-22-19-11-7-6-10-18(19)21(16-20(22)24)12-14-23(15-13-21)17-8-4-2-3-5-9-17/h6-7,10-11,17H,2-5,8-9,12-16H2,1H3. The summed E-state index contributed by atoms with van der Waals surface area (Å²) in [5.74, 6) is 0.289. The minimum absolute atomic E-state index is 0.0847. The summed E-state index contributed by atoms with van der Waals surface area (Å²) in [7, 11) is 1.93. The number of hydrogen-bond acceptors (Lipinski definition) is 2. The lowest BCUT2D eigenvalue weighted by Gasteiger charge is -2.48. The third-order valence-electron chi connectivity index (χ3n) is 6.80. The van der Waals surface area contributed by atoms with Crippen molar-refractivity contribution in [2.75, 3.05) is 25.0 Å². The smallest absolute Gasteiger partial charge is 0.227 e. The van der Waals surface area contributed by atoms with E-state index < -0.39 is 0 Å². The van der Waals surface area contributed by atoms with E-state index in [4.69, 9.17) is 0 Å². The van der Waals surface area contributed by atoms with E-state index in [0.717, 1.165) is 37.7 Å². The summed E-state index contributed by atoms with van der Waals surface area (Å²) in [6.07, 6.45) is 11.4. The van der Waals surface area contributed by atoms with Crippen molar-refractivity contribution in [1.29, 1.82) is 0 Å². The van der Waals surface area contributed by atoms with Crippen LogP contribution in [0.1, 0.15) is 63.4 Å². The number of likely N-dealkylation sites (tertiary alicyclic amines) is 1. The molecule has 1 amide bonds. The highest BCUT2D eigenvalue weighted by atomic mass is 16.2. The summed E-state index contributed by atoms with van der Waals surface area (Å²) in [4.78, 5) is 17.2. The van der Waals surface area contributed by atoms with Gasteiger partial charge in [0.1, 0.15) is 0 Å². The number of nitrogens with zero attached hydrogens (tertiary/aromatic N) is 2. The third kappa shape index (κ3) is 2.77. The topological polar surface area (TPSA) is 23.6 Å². The van der Waals surface area contributed by atoms with Gasteiger partial charge in [0, 0.05) is 30.6 Å². The maximum absolute atomic E-state index is 12.6. The summed E-state index contributed by atoms with van der Waals surface area (Å²) in [6.45, 7) is 2.33. The minimum atomic E-state index is 0.0847. The van der Waals surface area contributed by atoms with Crippen LogP contribution >= 0.6 is 0 Å². The van der Waals surface area contributed by atoms with Gasteiger partial charge in [-0.1, -0.05) is 43.9 Å². The third-order valence-corrected chi connectivity index (χ3v) is 6.80. The van der Waals surface area contributed by atoms with Crippen LogP contribution in [0.2, 0.25) is 0 Å². The normalized spacial score (nSPS) is 25.5. The van der Waals surface area contributed by atoms with Gasteiger partial charge in [-0.05, 0) is 50.4 Å². The van der Waals surface area contributed by atoms with Crippen LogP contribution in [-0.2, 0) is 10.2 Å². The van der Waals surface area contributed by atoms with Crippen molar-refractivity contribution in [1.82, 2.24) is 4.90 Å². The lowest BCUT2D eigenvalue weighted by atomic mass is 9.67. The number of rotatable bonds is 1. The van der Waals surface area contributed by atoms with Gasteiger partial charge >= 0.3 is 0 Å². The van der Waals surface area contributed by atoms with Gasteiger partial charge in [-0.2, -0.15) is 0 Å². The molecule has 0 N–H and O–H groups in total. The maximum atomic E-state index is 12.6. The number of piperidine rings is 1. The molecule has 0 aromatic heterocycles. The molecule has 2 heterocycles. The first-order chi connectivity index (χ1) is 11.7. The number of fused-ring (bicyclic) bond motifs is 2. The van der Waals surface area contributed by atoms with Crippen LogP contribution in [0.4, 0.5) is 5.69 Å². The maximum Gasteiger partial charge on any atom is 0.227 e. The molecular weight excluding hydrogens is 296 g/mol. The monoisotopic (exact) mass is 326 g/mol. The van der Waals surface area contributed by atoms with Gasteiger partial charge in [0.2, 0.25) is 5.91 Å². The summed E-state index contributed by atoms with van der Waals surface area (Å²) in [5, 5.41) is 0. The molecule has 1 aromatic carbocycles. The molecule has 1 saturated carbocycles. The average Bonchev–Trinajstić information content (AvgIpc) is 2.90. The fourth-order valence-corrected chi connectivity index (χ4v) is 5.24. The van der Waals surface area contributed by atoms with E-state index in [0.29, 0.717) is 6.42 Å². The van der Waals surface area contributed by atoms with Crippen molar-refractivity contribution in [2.24, 2.45) is 0 Å². The number of carbonyl (C=O) groups excluding carboxylic acids is 1. The molecular formula is C21H30N2O. The first kappa shape index (κ1) is 16.1. The second-order valence-corrected chi connectivity index (χ2v) is 8.11. The van der Waals surface area contributed by atoms with Gasteiger partial charge in [0.15, 0.2) is 0 Å². The van der Waals surface area contributed by atoms with Gasteiger partial charge in [-0.15, -0.1) is 0 Å². The SMILES string of the molecule is CN1C(=O)CC2(CCN(C3CCCCCC3)CC2)c2ccccc21. The molecule has 3 heteroatoms. The molecule has 0 bridgehead atoms. The van der Waals surface area contributed by atoms with Crippen LogP contribution in [0.15, 0.2) is 24.3 Å². The molecule has 4 rings (SSSR count). The number of amides is 1. The Hall–Kier alpha value is -1.35. The average molecular weight is 326 g/mol. The molecule has 24 heavy (non-hydrogen) atoms. The lowest BCUT2D eigenvalue weighted by molar-refractivity contribution is -0.120. The second kappa shape index (κ2) is 6.51. The predicted octanol–water partition coefficient (Wildman–Crippen LogP) is 4.11. The molecule has 0 radical (unpaired) electrons. The predicted molar refractivity (Wildman–Crippen MR) is 98.4 cm³/mol. The Balaban J connectivity index is 1.54. The largest absolute Gasteiger partial charge is 0.315 e. The van der Waals surface area contributed by atoms with Crippen molar-refractivity contribution in [2.45, 2.75) is 69.2 Å². The Morgan fingerprint density at radius 1 is 1.00 bits per heavy atom. The number of para-hydroxylation sites is 1. The van der Waals surface area contributed by atoms with E-state index in [1.54, 1.807) is 0 Å². The van der Waals surface area contributed by atoms with E-state index in [1.165, 1.54) is 44.1 Å². The number of anilines is 1. The van der Waals surface area contributed by atoms with Crippen LogP contribution < -0.4 is 4.90 Å². The Kier molecular flexibility index (Phi) is 4.38. The number of hydrogen-bond donors (Lipinski definition) is 0. The van der Waals surface area contributed by atoms with Gasteiger partial charge in [0.05, 0.1) is 0 Å². The van der Waals surface area contributed by atoms with Crippen LogP contribution in [-0.4, -0.2) is 37.0 Å². The first-order valence-corrected chi connectivity index (χ1v) is 9.80. The molecule has 2 aliphatic heterocycles. The number of benzene rings is 1. The molecule has 0 unspecified atom stereocenters. The Morgan fingerprint density at radius 3 is 2.38 bits per heavy atom. The van der Waals surface area contributed by atoms with E-state index in [9.17, 15) is 4.79 Å². The first-order valence-electron chi connectivity index (χ1n) is 9.80. The Bertz CT molecular complexity index is 596. The molecule has 2 fully saturated rings. The zero-order valence-electron chi connectivity index (χ0n) is 15.0. The molecule has 3 aliphatic rings. The van der Waals surface area contributed by atoms with E-state index in [-0.39, 0.29) is 11.3 Å². The van der Waals surface area contributed by atoms with Gasteiger partial charge in [-0.25, -0.2) is 0 Å². The van der Waals surface area contributed by atoms with E-state index in [1.807, 2.05) is 11.9 Å². The highest BCUT2D eigenvalue weighted by molar-refractivity contribution is 5.97. The molecule has 1 aromatic rings. The number of carbonyl (C=O) groups is 1. The van der Waals surface area contributed by atoms with Crippen molar-refractivity contribution in [3.05, 3.63) is 29.8 Å². The quantitative estimate of drug-likeness (QED) is 0.725. The van der Waals surface area contributed by atoms with Crippen LogP contribution in [0.25, 0.3) is 0 Å². The zero-order valence-corrected chi connectivity index (χ0v) is 15.0. The van der Waals surface area contributed by atoms with Crippen molar-refractivity contribution in [3.63, 3.8) is 0 Å². The highest BCUT2D eigenvalue weighted by Crippen LogP contribution is 2.47. The summed E-state index contributed by atoms with van der Waals surface area (Å²) >= 11 is 0. The summed E-state index contributed by atoms with van der Waals surface area (Å²) in [5.41, 5.74) is 2.63. The second-order valence-electron chi connectivity index (χ2n) is 8.11. The molecule has 130 valence electrons. The van der Waals surface area contributed by atoms with Crippen molar-refractivity contribution in [3.8, 4) is 0 Å². The summed E-state index contributed by atoms with van der Waals surface area (Å²) < 4.78 is 0. The van der Waals surface area contributed by atoms with Crippen LogP contribution in [0.3, 0.4) is 0 Å². The Labute approximate surface area is 146 Å². The van der Waals surface area contributed by atoms with Crippen molar-refractivity contribution < 1.29 is 4.79 Å². The lowest BCUT2D eigenvalue weighted by Crippen LogP contribution is -2.51. The molecule has 1 aliphatic carbocycles. The minimum Gasteiger partial charge on any atom is -0.315 e. The van der Waals surface area contributed by atoms with E-state index >= 15 is 0 Å². The molecule has 1 saturated heterocycles. The molecule has 3 nitrogen and oxygen atoms in total. The van der Waals surface area contributed by atoms with Gasteiger partial charge in [0.25, 0.3) is 0 Å². The Morgan fingerprint density at radius 2 is 1.67 bits per heavy atom. The summed E-state index contributed by atoms with van der Waals surface area (Å²) in [6, 6.07) is 9.37. The van der Waals surface area contributed by atoms with Crippen LogP contribution in [0.5, 0.6) is 0 Å². The zero-order chi connectivity index (χ0) is 16.6. The highest BCUT2D eigenvalue weighted by Gasteiger charge is 2.44.